The number of carbonyl (C=O) groups excluding carboxylic acids is 1. The molecule has 1 aromatic rings. The molecule has 102 valence electrons. The monoisotopic (exact) mass is 276 g/mol. The van der Waals surface area contributed by atoms with Gasteiger partial charge >= 0.3 is 0 Å². The highest BCUT2D eigenvalue weighted by Gasteiger charge is 2.28. The van der Waals surface area contributed by atoms with Crippen LogP contribution in [0.15, 0.2) is 12.1 Å². The van der Waals surface area contributed by atoms with Crippen molar-refractivity contribution in [1.82, 2.24) is 4.90 Å². The molecule has 1 aliphatic heterocycles. The lowest BCUT2D eigenvalue weighted by Crippen LogP contribution is -2.43. The Bertz CT molecular complexity index is 512. The van der Waals surface area contributed by atoms with E-state index < -0.39 is 0 Å². The first-order valence-corrected chi connectivity index (χ1v) is 7.53. The number of thiophene rings is 1. The van der Waals surface area contributed by atoms with Crippen molar-refractivity contribution in [2.75, 3.05) is 13.1 Å². The van der Waals surface area contributed by atoms with Crippen LogP contribution in [0.5, 0.6) is 0 Å². The maximum Gasteiger partial charge on any atom is 0.264 e. The van der Waals surface area contributed by atoms with Gasteiger partial charge in [-0.05, 0) is 37.8 Å². The number of rotatable bonds is 1. The summed E-state index contributed by atoms with van der Waals surface area (Å²) in [6.07, 6.45) is 2.19. The highest BCUT2D eigenvalue weighted by Crippen LogP contribution is 2.26. The van der Waals surface area contributed by atoms with Crippen LogP contribution in [0.2, 0.25) is 0 Å². The van der Waals surface area contributed by atoms with Gasteiger partial charge in [-0.3, -0.25) is 4.79 Å². The van der Waals surface area contributed by atoms with Gasteiger partial charge in [0.15, 0.2) is 0 Å². The highest BCUT2D eigenvalue weighted by molar-refractivity contribution is 7.14. The van der Waals surface area contributed by atoms with Crippen molar-refractivity contribution >= 4 is 17.2 Å². The fraction of sp³-hybridized carbons (Fsp3) is 0.533. The van der Waals surface area contributed by atoms with Crippen LogP contribution in [0.1, 0.15) is 41.2 Å². The second kappa shape index (κ2) is 6.23. The Labute approximate surface area is 118 Å². The van der Waals surface area contributed by atoms with Crippen LogP contribution >= 0.6 is 11.3 Å². The summed E-state index contributed by atoms with van der Waals surface area (Å²) in [5, 5.41) is 0. The molecule has 1 saturated heterocycles. The molecule has 2 unspecified atom stereocenters. The molecule has 2 N–H and O–H groups in total. The van der Waals surface area contributed by atoms with Crippen molar-refractivity contribution in [3.63, 3.8) is 0 Å². The zero-order valence-corrected chi connectivity index (χ0v) is 12.3. The minimum atomic E-state index is 0.144. The van der Waals surface area contributed by atoms with Crippen molar-refractivity contribution in [2.24, 2.45) is 11.7 Å². The first-order valence-electron chi connectivity index (χ1n) is 6.71. The number of amides is 1. The molecule has 3 nitrogen and oxygen atoms in total. The lowest BCUT2D eigenvalue weighted by atomic mass is 9.93. The van der Waals surface area contributed by atoms with E-state index in [0.29, 0.717) is 18.5 Å². The SMILES string of the molecule is CC1CCN(C(=O)c2ccc(C#CCN)s2)C(C)C1. The van der Waals surface area contributed by atoms with Gasteiger partial charge in [0, 0.05) is 12.6 Å². The molecule has 2 atom stereocenters. The Kier molecular flexibility index (Phi) is 4.62. The number of piperidine rings is 1. The number of nitrogens with two attached hydrogens (primary N) is 1. The molecular formula is C15H20N2OS. The number of hydrogen-bond donors (Lipinski definition) is 1. The van der Waals surface area contributed by atoms with Gasteiger partial charge in [0.05, 0.1) is 16.3 Å². The summed E-state index contributed by atoms with van der Waals surface area (Å²) in [7, 11) is 0. The number of carbonyl (C=O) groups is 1. The first-order chi connectivity index (χ1) is 9.11. The number of nitrogens with zero attached hydrogens (tertiary/aromatic N) is 1. The summed E-state index contributed by atoms with van der Waals surface area (Å²) >= 11 is 1.46. The van der Waals surface area contributed by atoms with Crippen molar-refractivity contribution in [1.29, 1.82) is 0 Å². The second-order valence-corrected chi connectivity index (χ2v) is 6.23. The molecule has 2 rings (SSSR count). The number of hydrogen-bond acceptors (Lipinski definition) is 3. The van der Waals surface area contributed by atoms with E-state index >= 15 is 0 Å². The predicted octanol–water partition coefficient (Wildman–Crippen LogP) is 2.32. The molecule has 2 heterocycles. The largest absolute Gasteiger partial charge is 0.335 e. The lowest BCUT2D eigenvalue weighted by Gasteiger charge is -2.36. The van der Waals surface area contributed by atoms with E-state index in [-0.39, 0.29) is 5.91 Å². The van der Waals surface area contributed by atoms with Gasteiger partial charge in [0.1, 0.15) is 0 Å². The third-order valence-electron chi connectivity index (χ3n) is 3.53. The van der Waals surface area contributed by atoms with E-state index in [9.17, 15) is 4.79 Å². The summed E-state index contributed by atoms with van der Waals surface area (Å²) in [6, 6.07) is 4.10. The van der Waals surface area contributed by atoms with Crippen molar-refractivity contribution < 1.29 is 4.79 Å². The molecule has 1 amide bonds. The first kappa shape index (κ1) is 14.1. The fourth-order valence-corrected chi connectivity index (χ4v) is 3.35. The van der Waals surface area contributed by atoms with E-state index in [1.807, 2.05) is 17.0 Å². The standard InChI is InChI=1S/C15H20N2OS/c1-11-7-9-17(12(2)10-11)15(18)14-6-5-13(19-14)4-3-8-16/h5-6,11-12H,7-10,16H2,1-2H3. The molecule has 0 radical (unpaired) electrons. The molecule has 4 heteroatoms. The maximum atomic E-state index is 12.5. The molecule has 0 spiro atoms. The Morgan fingerprint density at radius 1 is 1.53 bits per heavy atom. The van der Waals surface area contributed by atoms with Gasteiger partial charge in [0.2, 0.25) is 0 Å². The van der Waals surface area contributed by atoms with Gasteiger partial charge in [-0.25, -0.2) is 0 Å². The predicted molar refractivity (Wildman–Crippen MR) is 79.1 cm³/mol. The average Bonchev–Trinajstić information content (AvgIpc) is 2.84. The minimum absolute atomic E-state index is 0.144. The van der Waals surface area contributed by atoms with E-state index in [1.54, 1.807) is 0 Å². The van der Waals surface area contributed by atoms with Crippen LogP contribution in [0.25, 0.3) is 0 Å². The second-order valence-electron chi connectivity index (χ2n) is 5.15. The van der Waals surface area contributed by atoms with E-state index in [0.717, 1.165) is 29.1 Å². The smallest absolute Gasteiger partial charge is 0.264 e. The van der Waals surface area contributed by atoms with Crippen LogP contribution in [0.4, 0.5) is 0 Å². The molecule has 0 bridgehead atoms. The van der Waals surface area contributed by atoms with Gasteiger partial charge in [-0.1, -0.05) is 18.8 Å². The minimum Gasteiger partial charge on any atom is -0.335 e. The average molecular weight is 276 g/mol. The molecule has 0 aliphatic carbocycles. The zero-order valence-electron chi connectivity index (χ0n) is 11.5. The summed E-state index contributed by atoms with van der Waals surface area (Å²) in [5.41, 5.74) is 5.35. The topological polar surface area (TPSA) is 46.3 Å². The van der Waals surface area contributed by atoms with Gasteiger partial charge in [0.25, 0.3) is 5.91 Å². The normalized spacial score (nSPS) is 22.8. The van der Waals surface area contributed by atoms with E-state index in [4.69, 9.17) is 5.73 Å². The molecule has 0 aromatic carbocycles. The Morgan fingerprint density at radius 2 is 2.32 bits per heavy atom. The molecule has 1 fully saturated rings. The summed E-state index contributed by atoms with van der Waals surface area (Å²) in [5.74, 6) is 6.65. The Morgan fingerprint density at radius 3 is 3.00 bits per heavy atom. The molecule has 1 aliphatic rings. The Balaban J connectivity index is 2.09. The van der Waals surface area contributed by atoms with Crippen LogP contribution in [-0.2, 0) is 0 Å². The van der Waals surface area contributed by atoms with Crippen molar-refractivity contribution in [3.05, 3.63) is 21.9 Å². The lowest BCUT2D eigenvalue weighted by molar-refractivity contribution is 0.0593. The summed E-state index contributed by atoms with van der Waals surface area (Å²) < 4.78 is 0. The molecular weight excluding hydrogens is 256 g/mol. The van der Waals surface area contributed by atoms with Crippen molar-refractivity contribution in [2.45, 2.75) is 32.7 Å². The summed E-state index contributed by atoms with van der Waals surface area (Å²) in [6.45, 7) is 5.60. The number of likely N-dealkylation sites (tertiary alicyclic amines) is 1. The van der Waals surface area contributed by atoms with Crippen LogP contribution in [0, 0.1) is 17.8 Å². The third-order valence-corrected chi connectivity index (χ3v) is 4.52. The van der Waals surface area contributed by atoms with Crippen LogP contribution in [0.3, 0.4) is 0 Å². The fourth-order valence-electron chi connectivity index (χ4n) is 2.51. The zero-order chi connectivity index (χ0) is 13.8. The summed E-state index contributed by atoms with van der Waals surface area (Å²) in [4.78, 5) is 16.1. The molecule has 19 heavy (non-hydrogen) atoms. The maximum absolute atomic E-state index is 12.5. The third kappa shape index (κ3) is 3.37. The quantitative estimate of drug-likeness (QED) is 0.800. The van der Waals surface area contributed by atoms with E-state index in [2.05, 4.69) is 25.7 Å². The molecule has 1 aromatic heterocycles. The van der Waals surface area contributed by atoms with E-state index in [1.165, 1.54) is 11.3 Å². The van der Waals surface area contributed by atoms with Crippen LogP contribution < -0.4 is 5.73 Å². The molecule has 0 saturated carbocycles. The van der Waals surface area contributed by atoms with Gasteiger partial charge in [-0.15, -0.1) is 11.3 Å². The van der Waals surface area contributed by atoms with Gasteiger partial charge in [-0.2, -0.15) is 0 Å². The van der Waals surface area contributed by atoms with Gasteiger partial charge < -0.3 is 10.6 Å². The Hall–Kier alpha value is -1.31. The highest BCUT2D eigenvalue weighted by atomic mass is 32.1. The van der Waals surface area contributed by atoms with Crippen LogP contribution in [-0.4, -0.2) is 29.9 Å². The van der Waals surface area contributed by atoms with Crippen molar-refractivity contribution in [3.8, 4) is 11.8 Å².